The number of rotatable bonds is 4. The normalized spacial score (nSPS) is 10.8. The van der Waals surface area contributed by atoms with Gasteiger partial charge in [0.05, 0.1) is 5.02 Å². The number of halogens is 2. The van der Waals surface area contributed by atoms with Crippen molar-refractivity contribution in [3.8, 4) is 11.6 Å². The Balaban J connectivity index is 2.23. The van der Waals surface area contributed by atoms with Crippen LogP contribution in [0.1, 0.15) is 30.9 Å². The van der Waals surface area contributed by atoms with Crippen molar-refractivity contribution < 1.29 is 4.74 Å². The lowest BCUT2D eigenvalue weighted by Crippen LogP contribution is -1.92. The van der Waals surface area contributed by atoms with E-state index in [0.29, 0.717) is 22.7 Å². The summed E-state index contributed by atoms with van der Waals surface area (Å²) in [6.07, 6.45) is 1.56. The monoisotopic (exact) mass is 295 g/mol. The lowest BCUT2D eigenvalue weighted by Gasteiger charge is -2.10. The van der Waals surface area contributed by atoms with Crippen molar-refractivity contribution in [2.75, 3.05) is 0 Å². The van der Waals surface area contributed by atoms with Gasteiger partial charge in [-0.2, -0.15) is 0 Å². The molecule has 1 heterocycles. The van der Waals surface area contributed by atoms with Crippen LogP contribution in [0.15, 0.2) is 36.5 Å². The Bertz CT molecular complexity index is 570. The second kappa shape index (κ2) is 6.27. The molecule has 0 fully saturated rings. The van der Waals surface area contributed by atoms with Crippen LogP contribution < -0.4 is 4.74 Å². The number of nitrogens with zero attached hydrogens (tertiary/aromatic N) is 1. The second-order valence-corrected chi connectivity index (χ2v) is 5.25. The Morgan fingerprint density at radius 3 is 2.74 bits per heavy atom. The summed E-state index contributed by atoms with van der Waals surface area (Å²) in [7, 11) is 0. The number of pyridine rings is 1. The summed E-state index contributed by atoms with van der Waals surface area (Å²) in [6.45, 7) is 4.29. The Hall–Kier alpha value is -1.25. The van der Waals surface area contributed by atoms with E-state index in [1.54, 1.807) is 12.3 Å². The van der Waals surface area contributed by atoms with E-state index in [4.69, 9.17) is 27.9 Å². The lowest BCUT2D eigenvalue weighted by atomic mass is 10.0. The van der Waals surface area contributed by atoms with Crippen LogP contribution >= 0.6 is 23.2 Å². The summed E-state index contributed by atoms with van der Waals surface area (Å²) in [5.74, 6) is 2.06. The third kappa shape index (κ3) is 3.62. The summed E-state index contributed by atoms with van der Waals surface area (Å²) in [5.41, 5.74) is 2.04. The predicted molar refractivity (Wildman–Crippen MR) is 79.4 cm³/mol. The zero-order valence-corrected chi connectivity index (χ0v) is 12.4. The minimum Gasteiger partial charge on any atom is -0.439 e. The summed E-state index contributed by atoms with van der Waals surface area (Å²) in [5, 5.41) is 0.554. The van der Waals surface area contributed by atoms with Crippen LogP contribution in [-0.4, -0.2) is 4.98 Å². The molecule has 0 aliphatic rings. The Morgan fingerprint density at radius 1 is 1.26 bits per heavy atom. The number of aromatic nitrogens is 1. The van der Waals surface area contributed by atoms with E-state index in [2.05, 4.69) is 24.9 Å². The minimum absolute atomic E-state index is 0.337. The van der Waals surface area contributed by atoms with Crippen molar-refractivity contribution in [1.82, 2.24) is 4.98 Å². The van der Waals surface area contributed by atoms with Crippen LogP contribution in [0.2, 0.25) is 5.02 Å². The molecule has 0 radical (unpaired) electrons. The smallest absolute Gasteiger partial charge is 0.219 e. The Labute approximate surface area is 123 Å². The molecule has 100 valence electrons. The van der Waals surface area contributed by atoms with Gasteiger partial charge in [0, 0.05) is 18.1 Å². The van der Waals surface area contributed by atoms with Crippen molar-refractivity contribution in [2.45, 2.75) is 25.6 Å². The van der Waals surface area contributed by atoms with E-state index in [1.165, 1.54) is 5.56 Å². The van der Waals surface area contributed by atoms with Crippen molar-refractivity contribution in [3.63, 3.8) is 0 Å². The molecule has 1 aromatic heterocycles. The lowest BCUT2D eigenvalue weighted by molar-refractivity contribution is 0.461. The second-order valence-electron chi connectivity index (χ2n) is 4.58. The fourth-order valence-electron chi connectivity index (χ4n) is 1.67. The molecular formula is C15H15Cl2NO. The highest BCUT2D eigenvalue weighted by Gasteiger charge is 2.06. The first-order valence-electron chi connectivity index (χ1n) is 6.08. The van der Waals surface area contributed by atoms with Crippen LogP contribution in [0.25, 0.3) is 0 Å². The summed E-state index contributed by atoms with van der Waals surface area (Å²) >= 11 is 11.8. The highest BCUT2D eigenvalue weighted by atomic mass is 35.5. The van der Waals surface area contributed by atoms with Crippen LogP contribution in [-0.2, 0) is 5.88 Å². The topological polar surface area (TPSA) is 22.1 Å². The van der Waals surface area contributed by atoms with E-state index < -0.39 is 0 Å². The van der Waals surface area contributed by atoms with Gasteiger partial charge in [-0.25, -0.2) is 4.98 Å². The molecule has 1 aromatic carbocycles. The van der Waals surface area contributed by atoms with Gasteiger partial charge in [0.15, 0.2) is 0 Å². The first kappa shape index (κ1) is 14.2. The molecule has 0 amide bonds. The fraction of sp³-hybridized carbons (Fsp3) is 0.267. The summed E-state index contributed by atoms with van der Waals surface area (Å²) < 4.78 is 5.74. The van der Waals surface area contributed by atoms with E-state index in [0.717, 1.165) is 11.3 Å². The molecule has 0 spiro atoms. The molecule has 2 nitrogen and oxygen atoms in total. The maximum absolute atomic E-state index is 5.96. The largest absolute Gasteiger partial charge is 0.439 e. The van der Waals surface area contributed by atoms with E-state index in [-0.39, 0.29) is 0 Å². The zero-order valence-electron chi connectivity index (χ0n) is 10.9. The van der Waals surface area contributed by atoms with Gasteiger partial charge in [-0.3, -0.25) is 0 Å². The van der Waals surface area contributed by atoms with Crippen molar-refractivity contribution in [3.05, 3.63) is 52.7 Å². The average Bonchev–Trinajstić information content (AvgIpc) is 2.41. The Kier molecular flexibility index (Phi) is 4.67. The van der Waals surface area contributed by atoms with Crippen LogP contribution in [0.4, 0.5) is 0 Å². The average molecular weight is 296 g/mol. The van der Waals surface area contributed by atoms with Crippen LogP contribution in [0.5, 0.6) is 11.6 Å². The predicted octanol–water partition coefficient (Wildman–Crippen LogP) is 5.39. The molecule has 2 aromatic rings. The molecule has 19 heavy (non-hydrogen) atoms. The maximum atomic E-state index is 5.96. The van der Waals surface area contributed by atoms with Gasteiger partial charge in [-0.1, -0.05) is 37.6 Å². The fourth-order valence-corrected chi connectivity index (χ4v) is 2.13. The van der Waals surface area contributed by atoms with Crippen LogP contribution in [0.3, 0.4) is 0 Å². The molecule has 0 unspecified atom stereocenters. The third-order valence-electron chi connectivity index (χ3n) is 2.80. The van der Waals surface area contributed by atoms with E-state index in [9.17, 15) is 0 Å². The standard InChI is InChI=1S/C15H15Cl2NO/c1-10(2)11-4-3-5-13(6-11)19-15-7-12(8-16)14(17)9-18-15/h3-7,9-10H,8H2,1-2H3. The highest BCUT2D eigenvalue weighted by molar-refractivity contribution is 6.32. The van der Waals surface area contributed by atoms with E-state index in [1.807, 2.05) is 18.2 Å². The van der Waals surface area contributed by atoms with Crippen molar-refractivity contribution in [2.24, 2.45) is 0 Å². The molecule has 0 atom stereocenters. The number of alkyl halides is 1. The molecule has 0 saturated heterocycles. The molecule has 0 aliphatic heterocycles. The molecule has 0 bridgehead atoms. The van der Waals surface area contributed by atoms with Gasteiger partial charge < -0.3 is 4.74 Å². The molecule has 4 heteroatoms. The molecular weight excluding hydrogens is 281 g/mol. The number of hydrogen-bond donors (Lipinski definition) is 0. The van der Waals surface area contributed by atoms with Crippen molar-refractivity contribution >= 4 is 23.2 Å². The SMILES string of the molecule is CC(C)c1cccc(Oc2cc(CCl)c(Cl)cn2)c1. The van der Waals surface area contributed by atoms with Crippen LogP contribution in [0, 0.1) is 0 Å². The first-order valence-corrected chi connectivity index (χ1v) is 6.99. The van der Waals surface area contributed by atoms with Gasteiger partial charge in [0.1, 0.15) is 5.75 Å². The van der Waals surface area contributed by atoms with Crippen molar-refractivity contribution in [1.29, 1.82) is 0 Å². The number of ether oxygens (including phenoxy) is 1. The quantitative estimate of drug-likeness (QED) is 0.706. The number of benzene rings is 1. The first-order chi connectivity index (χ1) is 9.10. The molecule has 0 N–H and O–H groups in total. The van der Waals surface area contributed by atoms with Gasteiger partial charge in [0.2, 0.25) is 5.88 Å². The molecule has 2 rings (SSSR count). The Morgan fingerprint density at radius 2 is 2.05 bits per heavy atom. The minimum atomic E-state index is 0.337. The third-order valence-corrected chi connectivity index (χ3v) is 3.43. The van der Waals surface area contributed by atoms with E-state index >= 15 is 0 Å². The number of hydrogen-bond acceptors (Lipinski definition) is 2. The zero-order chi connectivity index (χ0) is 13.8. The summed E-state index contributed by atoms with van der Waals surface area (Å²) in [4.78, 5) is 4.14. The van der Waals surface area contributed by atoms with Gasteiger partial charge >= 0.3 is 0 Å². The van der Waals surface area contributed by atoms with Gasteiger partial charge in [0.25, 0.3) is 0 Å². The molecule has 0 aliphatic carbocycles. The highest BCUT2D eigenvalue weighted by Crippen LogP contribution is 2.27. The van der Waals surface area contributed by atoms with Gasteiger partial charge in [-0.05, 0) is 29.2 Å². The molecule has 0 saturated carbocycles. The summed E-state index contributed by atoms with van der Waals surface area (Å²) in [6, 6.07) is 9.74. The van der Waals surface area contributed by atoms with Gasteiger partial charge in [-0.15, -0.1) is 11.6 Å². The maximum Gasteiger partial charge on any atom is 0.219 e.